The van der Waals surface area contributed by atoms with Gasteiger partial charge in [0.1, 0.15) is 6.61 Å². The summed E-state index contributed by atoms with van der Waals surface area (Å²) < 4.78 is 11.1. The maximum atomic E-state index is 10.7. The van der Waals surface area contributed by atoms with E-state index in [1.807, 2.05) is 13.0 Å². The van der Waals surface area contributed by atoms with E-state index in [2.05, 4.69) is 15.8 Å². The number of nitrogens with zero attached hydrogens (tertiary/aromatic N) is 2. The van der Waals surface area contributed by atoms with Gasteiger partial charge in [-0.1, -0.05) is 0 Å². The Balaban J connectivity index is 2.05. The van der Waals surface area contributed by atoms with Crippen LogP contribution in [0.3, 0.4) is 0 Å². The summed E-state index contributed by atoms with van der Waals surface area (Å²) in [5, 5.41) is 18.1. The highest BCUT2D eigenvalue weighted by Gasteiger charge is 2.08. The van der Waals surface area contributed by atoms with Gasteiger partial charge in [0, 0.05) is 18.7 Å². The lowest BCUT2D eigenvalue weighted by molar-refractivity contribution is -0.384. The van der Waals surface area contributed by atoms with Gasteiger partial charge in [-0.25, -0.2) is 0 Å². The molecular formula is C18H20N4O4S. The number of nitro benzene ring substituents is 1. The lowest BCUT2D eigenvalue weighted by Gasteiger charge is -2.11. The van der Waals surface area contributed by atoms with Crippen molar-refractivity contribution < 1.29 is 14.4 Å². The first-order valence-electron chi connectivity index (χ1n) is 8.14. The molecule has 0 aliphatic carbocycles. The Morgan fingerprint density at radius 2 is 2.00 bits per heavy atom. The van der Waals surface area contributed by atoms with Crippen molar-refractivity contribution in [1.29, 1.82) is 0 Å². The number of non-ortho nitro benzene ring substituents is 1. The molecule has 0 heterocycles. The average Bonchev–Trinajstić information content (AvgIpc) is 2.67. The fraction of sp³-hybridized carbons (Fsp3) is 0.222. The van der Waals surface area contributed by atoms with E-state index >= 15 is 0 Å². The minimum atomic E-state index is -0.438. The molecule has 9 heteroatoms. The Morgan fingerprint density at radius 1 is 1.26 bits per heavy atom. The maximum absolute atomic E-state index is 10.7. The second-order valence-corrected chi connectivity index (χ2v) is 5.76. The lowest BCUT2D eigenvalue weighted by Crippen LogP contribution is -2.31. The maximum Gasteiger partial charge on any atom is 0.269 e. The zero-order valence-electron chi connectivity index (χ0n) is 15.0. The Morgan fingerprint density at radius 3 is 2.63 bits per heavy atom. The van der Waals surface area contributed by atoms with Crippen molar-refractivity contribution in [1.82, 2.24) is 10.7 Å². The van der Waals surface area contributed by atoms with Crippen molar-refractivity contribution >= 4 is 29.2 Å². The largest absolute Gasteiger partial charge is 0.493 e. The van der Waals surface area contributed by atoms with E-state index < -0.39 is 4.92 Å². The molecular weight excluding hydrogens is 368 g/mol. The number of rotatable bonds is 8. The Bertz CT molecular complexity index is 825. The number of nitrogens with one attached hydrogen (secondary N) is 2. The summed E-state index contributed by atoms with van der Waals surface area (Å²) in [6, 6.07) is 11.6. The topological polar surface area (TPSA) is 98.0 Å². The van der Waals surface area contributed by atoms with Crippen LogP contribution in [0.5, 0.6) is 11.5 Å². The molecule has 142 valence electrons. The zero-order valence-corrected chi connectivity index (χ0v) is 15.8. The molecule has 0 saturated carbocycles. The van der Waals surface area contributed by atoms with Crippen LogP contribution in [0.1, 0.15) is 18.1 Å². The molecule has 2 rings (SSSR count). The summed E-state index contributed by atoms with van der Waals surface area (Å²) in [5.41, 5.74) is 4.35. The third-order valence-corrected chi connectivity index (χ3v) is 3.68. The fourth-order valence-electron chi connectivity index (χ4n) is 2.13. The molecule has 0 radical (unpaired) electrons. The molecule has 0 unspecified atom stereocenters. The highest BCUT2D eigenvalue weighted by molar-refractivity contribution is 7.80. The van der Waals surface area contributed by atoms with Crippen molar-refractivity contribution in [2.45, 2.75) is 13.5 Å². The van der Waals surface area contributed by atoms with Crippen LogP contribution in [-0.4, -0.2) is 29.9 Å². The molecule has 0 aromatic heterocycles. The average molecular weight is 388 g/mol. The molecule has 0 aliphatic heterocycles. The van der Waals surface area contributed by atoms with Gasteiger partial charge in [-0.05, 0) is 60.6 Å². The third kappa shape index (κ3) is 6.23. The zero-order chi connectivity index (χ0) is 19.6. The third-order valence-electron chi connectivity index (χ3n) is 3.45. The predicted molar refractivity (Wildman–Crippen MR) is 107 cm³/mol. The number of hydrogen-bond acceptors (Lipinski definition) is 6. The SMILES string of the molecule is CCNC(=S)N/N=C\c1ccc(OC)c(OCc2ccc([N+](=O)[O-])cc2)c1. The molecule has 0 bridgehead atoms. The molecule has 2 aromatic carbocycles. The number of thiocarbonyl (C=S) groups is 1. The Kier molecular flexibility index (Phi) is 7.50. The Hall–Kier alpha value is -3.20. The van der Waals surface area contributed by atoms with Gasteiger partial charge in [0.05, 0.1) is 18.2 Å². The minimum absolute atomic E-state index is 0.0394. The monoisotopic (exact) mass is 388 g/mol. The Labute approximate surface area is 162 Å². The van der Waals surface area contributed by atoms with Gasteiger partial charge in [-0.2, -0.15) is 5.10 Å². The molecule has 0 spiro atoms. The van der Waals surface area contributed by atoms with E-state index in [0.29, 0.717) is 23.2 Å². The first kappa shape index (κ1) is 20.1. The van der Waals surface area contributed by atoms with Crippen LogP contribution in [0.4, 0.5) is 5.69 Å². The van der Waals surface area contributed by atoms with Crippen molar-refractivity contribution in [2.24, 2.45) is 5.10 Å². The first-order valence-corrected chi connectivity index (χ1v) is 8.55. The van der Waals surface area contributed by atoms with Crippen molar-refractivity contribution in [2.75, 3.05) is 13.7 Å². The van der Waals surface area contributed by atoms with Crippen molar-refractivity contribution in [3.05, 3.63) is 63.7 Å². The number of hydrazone groups is 1. The molecule has 8 nitrogen and oxygen atoms in total. The number of hydrogen-bond donors (Lipinski definition) is 2. The number of benzene rings is 2. The van der Waals surface area contributed by atoms with Crippen LogP contribution >= 0.6 is 12.2 Å². The summed E-state index contributed by atoms with van der Waals surface area (Å²) in [7, 11) is 1.55. The first-order chi connectivity index (χ1) is 13.0. The predicted octanol–water partition coefficient (Wildman–Crippen LogP) is 3.00. The molecule has 0 saturated heterocycles. The van der Waals surface area contributed by atoms with E-state index in [4.69, 9.17) is 21.7 Å². The van der Waals surface area contributed by atoms with Crippen LogP contribution < -0.4 is 20.2 Å². The second-order valence-electron chi connectivity index (χ2n) is 5.35. The van der Waals surface area contributed by atoms with E-state index in [-0.39, 0.29) is 12.3 Å². The summed E-state index contributed by atoms with van der Waals surface area (Å²) >= 11 is 5.03. The lowest BCUT2D eigenvalue weighted by atomic mass is 10.2. The van der Waals surface area contributed by atoms with Crippen LogP contribution in [0.2, 0.25) is 0 Å². The fourth-order valence-corrected chi connectivity index (χ4v) is 2.32. The van der Waals surface area contributed by atoms with E-state index in [1.165, 1.54) is 12.1 Å². The molecule has 2 N–H and O–H groups in total. The van der Waals surface area contributed by atoms with Crippen molar-refractivity contribution in [3.8, 4) is 11.5 Å². The normalized spacial score (nSPS) is 10.4. The molecule has 0 amide bonds. The van der Waals surface area contributed by atoms with Crippen LogP contribution in [0.25, 0.3) is 0 Å². The van der Waals surface area contributed by atoms with Crippen LogP contribution in [-0.2, 0) is 6.61 Å². The summed E-state index contributed by atoms with van der Waals surface area (Å²) in [6.45, 7) is 2.90. The number of ether oxygens (including phenoxy) is 2. The van der Waals surface area contributed by atoms with Gasteiger partial charge in [0.2, 0.25) is 0 Å². The summed E-state index contributed by atoms with van der Waals surface area (Å²) in [6.07, 6.45) is 1.61. The molecule has 0 atom stereocenters. The molecule has 0 fully saturated rings. The van der Waals surface area contributed by atoms with Gasteiger partial charge in [-0.3, -0.25) is 15.5 Å². The van der Waals surface area contributed by atoms with Gasteiger partial charge in [-0.15, -0.1) is 0 Å². The van der Waals surface area contributed by atoms with E-state index in [1.54, 1.807) is 37.6 Å². The van der Waals surface area contributed by atoms with Gasteiger partial charge in [0.25, 0.3) is 5.69 Å². The van der Waals surface area contributed by atoms with Gasteiger partial charge < -0.3 is 14.8 Å². The van der Waals surface area contributed by atoms with Crippen LogP contribution in [0.15, 0.2) is 47.6 Å². The highest BCUT2D eigenvalue weighted by atomic mass is 32.1. The van der Waals surface area contributed by atoms with Crippen molar-refractivity contribution in [3.63, 3.8) is 0 Å². The highest BCUT2D eigenvalue weighted by Crippen LogP contribution is 2.28. The standard InChI is InChI=1S/C18H20N4O4S/c1-3-19-18(27)21-20-11-14-6-9-16(25-2)17(10-14)26-12-13-4-7-15(8-5-13)22(23)24/h4-11H,3,12H2,1-2H3,(H2,19,21,27)/b20-11-. The number of nitro groups is 1. The van der Waals surface area contributed by atoms with E-state index in [9.17, 15) is 10.1 Å². The summed E-state index contributed by atoms with van der Waals surface area (Å²) in [4.78, 5) is 10.3. The van der Waals surface area contributed by atoms with Crippen LogP contribution in [0, 0.1) is 10.1 Å². The smallest absolute Gasteiger partial charge is 0.269 e. The summed E-state index contributed by atoms with van der Waals surface area (Å²) in [5.74, 6) is 1.11. The second kappa shape index (κ2) is 10.1. The molecule has 27 heavy (non-hydrogen) atoms. The minimum Gasteiger partial charge on any atom is -0.493 e. The quantitative estimate of drug-likeness (QED) is 0.310. The van der Waals surface area contributed by atoms with Gasteiger partial charge in [0.15, 0.2) is 16.6 Å². The van der Waals surface area contributed by atoms with E-state index in [0.717, 1.165) is 11.1 Å². The molecule has 2 aromatic rings. The molecule has 0 aliphatic rings. The van der Waals surface area contributed by atoms with Gasteiger partial charge >= 0.3 is 0 Å². The number of methoxy groups -OCH3 is 1.